The number of nitrogens with one attached hydrogen (secondary N) is 1. The van der Waals surface area contributed by atoms with Gasteiger partial charge in [0.15, 0.2) is 5.65 Å². The van der Waals surface area contributed by atoms with E-state index in [4.69, 9.17) is 32.3 Å². The van der Waals surface area contributed by atoms with Crippen LogP contribution in [0.25, 0.3) is 33.2 Å². The molecule has 2 aliphatic heterocycles. The lowest BCUT2D eigenvalue weighted by atomic mass is 9.98. The zero-order chi connectivity index (χ0) is 22.0. The third-order valence-electron chi connectivity index (χ3n) is 6.94. The number of piperidine rings is 1. The molecule has 6 rings (SSSR count). The molecule has 0 radical (unpaired) electrons. The monoisotopic (exact) mass is 483 g/mol. The van der Waals surface area contributed by atoms with Gasteiger partial charge in [0.05, 0.1) is 16.7 Å². The number of hydrogen-bond acceptors (Lipinski definition) is 6. The van der Waals surface area contributed by atoms with E-state index in [0.29, 0.717) is 23.1 Å². The highest BCUT2D eigenvalue weighted by atomic mass is 35.5. The number of benzene rings is 1. The summed E-state index contributed by atoms with van der Waals surface area (Å²) >= 11 is 6.86. The van der Waals surface area contributed by atoms with Crippen molar-refractivity contribution in [3.63, 3.8) is 0 Å². The molecule has 9 heteroatoms. The molecule has 0 spiro atoms. The number of aromatic nitrogens is 4. The first-order chi connectivity index (χ1) is 15.5. The SMILES string of the molecule is CN(C)c1ccc2ccc(-c3c[nH]c4nc(N5C6CCC5CC(N)C6)cnc34)c(Cl)c2n1.Cl. The Morgan fingerprint density at radius 1 is 1.03 bits per heavy atom. The van der Waals surface area contributed by atoms with Crippen LogP contribution in [-0.2, 0) is 0 Å². The van der Waals surface area contributed by atoms with E-state index in [0.717, 1.165) is 57.7 Å². The Labute approximate surface area is 203 Å². The fourth-order valence-electron chi connectivity index (χ4n) is 5.41. The van der Waals surface area contributed by atoms with E-state index in [1.54, 1.807) is 0 Å². The van der Waals surface area contributed by atoms with E-state index in [1.807, 2.05) is 49.6 Å². The van der Waals surface area contributed by atoms with Gasteiger partial charge in [-0.05, 0) is 37.8 Å². The highest BCUT2D eigenvalue weighted by Gasteiger charge is 2.40. The summed E-state index contributed by atoms with van der Waals surface area (Å²) in [6.45, 7) is 0. The average molecular weight is 484 g/mol. The molecule has 172 valence electrons. The third-order valence-corrected chi connectivity index (χ3v) is 7.32. The topological polar surface area (TPSA) is 87.0 Å². The van der Waals surface area contributed by atoms with Crippen molar-refractivity contribution in [1.82, 2.24) is 19.9 Å². The van der Waals surface area contributed by atoms with Crippen LogP contribution in [0.4, 0.5) is 11.6 Å². The lowest BCUT2D eigenvalue weighted by molar-refractivity contribution is 0.412. The van der Waals surface area contributed by atoms with Crippen LogP contribution in [0.3, 0.4) is 0 Å². The molecular formula is C24H27Cl2N7. The minimum Gasteiger partial charge on any atom is -0.363 e. The van der Waals surface area contributed by atoms with Crippen molar-refractivity contribution in [1.29, 1.82) is 0 Å². The predicted molar refractivity (Wildman–Crippen MR) is 138 cm³/mol. The van der Waals surface area contributed by atoms with E-state index >= 15 is 0 Å². The van der Waals surface area contributed by atoms with Crippen molar-refractivity contribution in [2.45, 2.75) is 43.8 Å². The fraction of sp³-hybridized carbons (Fsp3) is 0.375. The highest BCUT2D eigenvalue weighted by Crippen LogP contribution is 2.40. The van der Waals surface area contributed by atoms with Crippen LogP contribution in [0.5, 0.6) is 0 Å². The van der Waals surface area contributed by atoms with Crippen LogP contribution < -0.4 is 15.5 Å². The standard InChI is InChI=1S/C24H26ClN7.ClH/c1-31(2)19-8-4-13-3-7-17(21(25)22(13)29-19)18-11-28-24-23(18)27-12-20(30-24)32-15-5-6-16(32)10-14(26)9-15;/h3-4,7-8,11-12,14-16H,5-6,9-10,26H2,1-2H3,(H,28,30);1H. The molecule has 2 fully saturated rings. The van der Waals surface area contributed by atoms with Crippen molar-refractivity contribution >= 4 is 57.7 Å². The lowest BCUT2D eigenvalue weighted by Crippen LogP contribution is -2.47. The Bertz CT molecular complexity index is 1320. The highest BCUT2D eigenvalue weighted by molar-refractivity contribution is 6.38. The molecule has 33 heavy (non-hydrogen) atoms. The van der Waals surface area contributed by atoms with Gasteiger partial charge in [-0.2, -0.15) is 0 Å². The van der Waals surface area contributed by atoms with Gasteiger partial charge in [0.1, 0.15) is 17.2 Å². The number of hydrogen-bond donors (Lipinski definition) is 2. The van der Waals surface area contributed by atoms with E-state index < -0.39 is 0 Å². The van der Waals surface area contributed by atoms with Crippen molar-refractivity contribution in [3.8, 4) is 11.1 Å². The number of nitrogens with two attached hydrogens (primary N) is 1. The number of H-pyrrole nitrogens is 1. The first-order valence-electron chi connectivity index (χ1n) is 11.1. The van der Waals surface area contributed by atoms with E-state index in [9.17, 15) is 0 Å². The van der Waals surface area contributed by atoms with Crippen molar-refractivity contribution in [2.24, 2.45) is 5.73 Å². The van der Waals surface area contributed by atoms with Gasteiger partial charge in [-0.25, -0.2) is 15.0 Å². The molecule has 3 aromatic heterocycles. The van der Waals surface area contributed by atoms with Gasteiger partial charge < -0.3 is 20.5 Å². The minimum atomic E-state index is 0. The summed E-state index contributed by atoms with van der Waals surface area (Å²) in [6, 6.07) is 9.37. The van der Waals surface area contributed by atoms with Gasteiger partial charge in [0, 0.05) is 54.9 Å². The second-order valence-electron chi connectivity index (χ2n) is 9.21. The van der Waals surface area contributed by atoms with Crippen LogP contribution in [0, 0.1) is 0 Å². The quantitative estimate of drug-likeness (QED) is 0.436. The van der Waals surface area contributed by atoms with Crippen molar-refractivity contribution in [2.75, 3.05) is 23.9 Å². The number of halogens is 2. The van der Waals surface area contributed by atoms with Crippen LogP contribution in [-0.4, -0.2) is 52.2 Å². The Balaban J connectivity index is 0.00000228. The molecule has 0 amide bonds. The molecule has 2 atom stereocenters. The summed E-state index contributed by atoms with van der Waals surface area (Å²) in [5.41, 5.74) is 10.5. The zero-order valence-corrected chi connectivity index (χ0v) is 20.2. The second-order valence-corrected chi connectivity index (χ2v) is 9.59. The first-order valence-corrected chi connectivity index (χ1v) is 11.5. The second kappa shape index (κ2) is 8.31. The fourth-order valence-corrected chi connectivity index (χ4v) is 5.73. The Morgan fingerprint density at radius 2 is 1.76 bits per heavy atom. The molecule has 7 nitrogen and oxygen atoms in total. The average Bonchev–Trinajstić information content (AvgIpc) is 3.32. The smallest absolute Gasteiger partial charge is 0.159 e. The molecule has 2 unspecified atom stereocenters. The summed E-state index contributed by atoms with van der Waals surface area (Å²) in [4.78, 5) is 22.3. The number of nitrogens with zero attached hydrogens (tertiary/aromatic N) is 5. The first kappa shape index (κ1) is 22.2. The summed E-state index contributed by atoms with van der Waals surface area (Å²) < 4.78 is 0. The van der Waals surface area contributed by atoms with Gasteiger partial charge in [-0.3, -0.25) is 0 Å². The van der Waals surface area contributed by atoms with Crippen LogP contribution in [0.15, 0.2) is 36.7 Å². The Hall–Kier alpha value is -2.61. The zero-order valence-electron chi connectivity index (χ0n) is 18.6. The number of pyridine rings is 1. The van der Waals surface area contributed by atoms with E-state index in [2.05, 4.69) is 16.0 Å². The third kappa shape index (κ3) is 3.59. The molecule has 4 aromatic rings. The molecule has 0 saturated carbocycles. The molecule has 5 heterocycles. The van der Waals surface area contributed by atoms with Crippen molar-refractivity contribution in [3.05, 3.63) is 41.7 Å². The number of anilines is 2. The van der Waals surface area contributed by atoms with Crippen molar-refractivity contribution < 1.29 is 0 Å². The van der Waals surface area contributed by atoms with Crippen LogP contribution in [0.1, 0.15) is 25.7 Å². The number of rotatable bonds is 3. The summed E-state index contributed by atoms with van der Waals surface area (Å²) in [7, 11) is 3.95. The lowest BCUT2D eigenvalue weighted by Gasteiger charge is -2.38. The predicted octanol–water partition coefficient (Wildman–Crippen LogP) is 4.77. The molecule has 1 aromatic carbocycles. The van der Waals surface area contributed by atoms with Gasteiger partial charge in [0.2, 0.25) is 0 Å². The molecule has 3 N–H and O–H groups in total. The summed E-state index contributed by atoms with van der Waals surface area (Å²) in [6.07, 6.45) is 8.27. The normalized spacial score (nSPS) is 22.1. The maximum absolute atomic E-state index is 6.86. The molecule has 2 bridgehead atoms. The Kier molecular flexibility index (Phi) is 5.59. The maximum atomic E-state index is 6.86. The molecular weight excluding hydrogens is 457 g/mol. The Morgan fingerprint density at radius 3 is 2.48 bits per heavy atom. The van der Waals surface area contributed by atoms with E-state index in [-0.39, 0.29) is 12.4 Å². The van der Waals surface area contributed by atoms with Gasteiger partial charge in [0.25, 0.3) is 0 Å². The molecule has 2 saturated heterocycles. The van der Waals surface area contributed by atoms with Crippen LogP contribution >= 0.6 is 24.0 Å². The molecule has 0 aliphatic carbocycles. The maximum Gasteiger partial charge on any atom is 0.159 e. The van der Waals surface area contributed by atoms with Gasteiger partial charge in [-0.1, -0.05) is 23.7 Å². The van der Waals surface area contributed by atoms with Crippen LogP contribution in [0.2, 0.25) is 5.02 Å². The molecule has 2 aliphatic rings. The summed E-state index contributed by atoms with van der Waals surface area (Å²) in [5.74, 6) is 1.81. The number of fused-ring (bicyclic) bond motifs is 4. The number of aromatic amines is 1. The van der Waals surface area contributed by atoms with E-state index in [1.165, 1.54) is 12.8 Å². The largest absolute Gasteiger partial charge is 0.363 e. The van der Waals surface area contributed by atoms with Gasteiger partial charge in [-0.15, -0.1) is 12.4 Å². The van der Waals surface area contributed by atoms with Gasteiger partial charge >= 0.3 is 0 Å². The summed E-state index contributed by atoms with van der Waals surface area (Å²) in [5, 5.41) is 1.64. The minimum absolute atomic E-state index is 0.